The number of carboxylic acids is 1. The maximum absolute atomic E-state index is 10.7. The number of hydrogen-bond acceptors (Lipinski definition) is 3. The minimum atomic E-state index is -0.967. The van der Waals surface area contributed by atoms with Gasteiger partial charge < -0.3 is 5.11 Å². The van der Waals surface area contributed by atoms with Crippen molar-refractivity contribution in [3.63, 3.8) is 0 Å². The van der Waals surface area contributed by atoms with Gasteiger partial charge in [0.25, 0.3) is 0 Å². The Labute approximate surface area is 92.4 Å². The maximum Gasteiger partial charge on any atom is 0.337 e. The summed E-state index contributed by atoms with van der Waals surface area (Å²) in [5.74, 6) is -0.967. The van der Waals surface area contributed by atoms with E-state index >= 15 is 0 Å². The second kappa shape index (κ2) is 4.14. The molecule has 5 nitrogen and oxygen atoms in total. The molecule has 0 fully saturated rings. The molecule has 0 bridgehead atoms. The predicted octanol–water partition coefficient (Wildman–Crippen LogP) is 1.33. The van der Waals surface area contributed by atoms with Gasteiger partial charge in [0.05, 0.1) is 17.8 Å². The fourth-order valence-corrected chi connectivity index (χ4v) is 1.43. The first-order valence-electron chi connectivity index (χ1n) is 4.82. The van der Waals surface area contributed by atoms with Gasteiger partial charge in [0.15, 0.2) is 0 Å². The summed E-state index contributed by atoms with van der Waals surface area (Å²) in [7, 11) is 0. The monoisotopic (exact) mass is 217 g/mol. The van der Waals surface area contributed by atoms with Crippen molar-refractivity contribution in [3.8, 4) is 0 Å². The average molecular weight is 217 g/mol. The zero-order valence-corrected chi connectivity index (χ0v) is 8.79. The van der Waals surface area contributed by atoms with E-state index in [1.54, 1.807) is 16.9 Å². The number of rotatable bonds is 3. The van der Waals surface area contributed by atoms with E-state index in [0.29, 0.717) is 6.54 Å². The van der Waals surface area contributed by atoms with E-state index in [4.69, 9.17) is 5.11 Å². The Morgan fingerprint density at radius 2 is 2.31 bits per heavy atom. The van der Waals surface area contributed by atoms with Crippen LogP contribution in [0.25, 0.3) is 0 Å². The summed E-state index contributed by atoms with van der Waals surface area (Å²) >= 11 is 0. The van der Waals surface area contributed by atoms with Crippen molar-refractivity contribution in [1.82, 2.24) is 14.8 Å². The van der Waals surface area contributed by atoms with Crippen molar-refractivity contribution < 1.29 is 9.90 Å². The van der Waals surface area contributed by atoms with Gasteiger partial charge in [-0.15, -0.1) is 0 Å². The number of carbonyl (C=O) groups is 1. The van der Waals surface area contributed by atoms with Crippen LogP contribution >= 0.6 is 0 Å². The molecule has 0 aliphatic carbocycles. The van der Waals surface area contributed by atoms with E-state index < -0.39 is 5.97 Å². The first-order valence-corrected chi connectivity index (χ1v) is 4.82. The van der Waals surface area contributed by atoms with Gasteiger partial charge in [-0.1, -0.05) is 0 Å². The Kier molecular flexibility index (Phi) is 2.68. The Bertz CT molecular complexity index is 519. The Balaban J connectivity index is 2.21. The topological polar surface area (TPSA) is 68.0 Å². The molecule has 0 amide bonds. The highest BCUT2D eigenvalue weighted by molar-refractivity contribution is 5.87. The van der Waals surface area contributed by atoms with Crippen molar-refractivity contribution >= 4 is 5.97 Å². The van der Waals surface area contributed by atoms with Crippen molar-refractivity contribution in [3.05, 3.63) is 47.5 Å². The van der Waals surface area contributed by atoms with Gasteiger partial charge in [0.2, 0.25) is 0 Å². The number of hydrogen-bond donors (Lipinski definition) is 1. The number of nitrogens with zero attached hydrogens (tertiary/aromatic N) is 3. The third kappa shape index (κ3) is 2.25. The lowest BCUT2D eigenvalue weighted by molar-refractivity contribution is 0.0696. The normalized spacial score (nSPS) is 10.3. The van der Waals surface area contributed by atoms with Gasteiger partial charge in [-0.3, -0.25) is 9.67 Å². The molecule has 0 aromatic carbocycles. The number of aromatic nitrogens is 3. The molecule has 5 heteroatoms. The molecule has 0 radical (unpaired) electrons. The predicted molar refractivity (Wildman–Crippen MR) is 57.3 cm³/mol. The largest absolute Gasteiger partial charge is 0.478 e. The van der Waals surface area contributed by atoms with E-state index in [-0.39, 0.29) is 5.56 Å². The van der Waals surface area contributed by atoms with Gasteiger partial charge in [0, 0.05) is 18.6 Å². The number of carboxylic acid groups (broad SMARTS) is 1. The standard InChI is InChI=1S/C11H11N3O2/c1-8-2-3-14(13-8)7-9-4-10(11(15)16)6-12-5-9/h2-6H,7H2,1H3,(H,15,16). The molecule has 0 unspecified atom stereocenters. The molecule has 0 aliphatic heterocycles. The van der Waals surface area contributed by atoms with Crippen LogP contribution in [0.5, 0.6) is 0 Å². The Hall–Kier alpha value is -2.17. The molecule has 1 N–H and O–H groups in total. The smallest absolute Gasteiger partial charge is 0.337 e. The fourth-order valence-electron chi connectivity index (χ4n) is 1.43. The molecule has 0 saturated carbocycles. The molecule has 16 heavy (non-hydrogen) atoms. The third-order valence-corrected chi connectivity index (χ3v) is 2.16. The molecule has 2 aromatic rings. The summed E-state index contributed by atoms with van der Waals surface area (Å²) in [5.41, 5.74) is 1.95. The van der Waals surface area contributed by atoms with Crippen molar-refractivity contribution in [2.75, 3.05) is 0 Å². The highest BCUT2D eigenvalue weighted by Crippen LogP contribution is 2.05. The quantitative estimate of drug-likeness (QED) is 0.842. The third-order valence-electron chi connectivity index (χ3n) is 2.16. The van der Waals surface area contributed by atoms with Gasteiger partial charge in [-0.25, -0.2) is 4.79 Å². The van der Waals surface area contributed by atoms with Gasteiger partial charge in [0.1, 0.15) is 0 Å². The minimum Gasteiger partial charge on any atom is -0.478 e. The summed E-state index contributed by atoms with van der Waals surface area (Å²) in [4.78, 5) is 14.6. The molecule has 2 heterocycles. The lowest BCUT2D eigenvalue weighted by Gasteiger charge is -2.02. The zero-order chi connectivity index (χ0) is 11.5. The molecular weight excluding hydrogens is 206 g/mol. The lowest BCUT2D eigenvalue weighted by atomic mass is 10.2. The minimum absolute atomic E-state index is 0.196. The van der Waals surface area contributed by atoms with Crippen LogP contribution in [0.3, 0.4) is 0 Å². The van der Waals surface area contributed by atoms with Crippen LogP contribution in [0.4, 0.5) is 0 Å². The fraction of sp³-hybridized carbons (Fsp3) is 0.182. The molecule has 0 spiro atoms. The number of pyridine rings is 1. The number of aromatic carboxylic acids is 1. The SMILES string of the molecule is Cc1ccn(Cc2cncc(C(=O)O)c2)n1. The summed E-state index contributed by atoms with van der Waals surface area (Å²) in [5, 5.41) is 13.0. The second-order valence-electron chi connectivity index (χ2n) is 3.54. The van der Waals surface area contributed by atoms with Crippen LogP contribution in [0.15, 0.2) is 30.7 Å². The summed E-state index contributed by atoms with van der Waals surface area (Å²) in [6.07, 6.45) is 4.83. The van der Waals surface area contributed by atoms with Gasteiger partial charge in [-0.05, 0) is 24.6 Å². The second-order valence-corrected chi connectivity index (χ2v) is 3.54. The van der Waals surface area contributed by atoms with Crippen LogP contribution in [0, 0.1) is 6.92 Å². The molecule has 2 rings (SSSR count). The van der Waals surface area contributed by atoms with Crippen molar-refractivity contribution in [2.24, 2.45) is 0 Å². The Morgan fingerprint density at radius 1 is 1.50 bits per heavy atom. The molecule has 82 valence electrons. The first kappa shape index (κ1) is 10.4. The Morgan fingerprint density at radius 3 is 2.94 bits per heavy atom. The van der Waals surface area contributed by atoms with Crippen LogP contribution in [0.1, 0.15) is 21.6 Å². The summed E-state index contributed by atoms with van der Waals surface area (Å²) in [6, 6.07) is 3.50. The molecule has 0 atom stereocenters. The maximum atomic E-state index is 10.7. The van der Waals surface area contributed by atoms with Gasteiger partial charge >= 0.3 is 5.97 Å². The molecule has 2 aromatic heterocycles. The van der Waals surface area contributed by atoms with Crippen LogP contribution < -0.4 is 0 Å². The average Bonchev–Trinajstić information content (AvgIpc) is 2.64. The first-order chi connectivity index (χ1) is 7.65. The van der Waals surface area contributed by atoms with Crippen LogP contribution in [0.2, 0.25) is 0 Å². The summed E-state index contributed by atoms with van der Waals surface area (Å²) < 4.78 is 1.75. The molecular formula is C11H11N3O2. The zero-order valence-electron chi connectivity index (χ0n) is 8.79. The van der Waals surface area contributed by atoms with Gasteiger partial charge in [-0.2, -0.15) is 5.10 Å². The lowest BCUT2D eigenvalue weighted by Crippen LogP contribution is -2.04. The number of aryl methyl sites for hydroxylation is 1. The van der Waals surface area contributed by atoms with Crippen molar-refractivity contribution in [1.29, 1.82) is 0 Å². The van der Waals surface area contributed by atoms with E-state index in [1.807, 2.05) is 19.2 Å². The molecule has 0 saturated heterocycles. The van der Waals surface area contributed by atoms with E-state index in [9.17, 15) is 4.79 Å². The highest BCUT2D eigenvalue weighted by Gasteiger charge is 2.04. The highest BCUT2D eigenvalue weighted by atomic mass is 16.4. The van der Waals surface area contributed by atoms with Crippen LogP contribution in [-0.2, 0) is 6.54 Å². The summed E-state index contributed by atoms with van der Waals surface area (Å²) in [6.45, 7) is 2.43. The molecule has 0 aliphatic rings. The van der Waals surface area contributed by atoms with Crippen LogP contribution in [-0.4, -0.2) is 25.8 Å². The van der Waals surface area contributed by atoms with E-state index in [1.165, 1.54) is 6.20 Å². The van der Waals surface area contributed by atoms with E-state index in [0.717, 1.165) is 11.3 Å². The van der Waals surface area contributed by atoms with E-state index in [2.05, 4.69) is 10.1 Å². The van der Waals surface area contributed by atoms with Crippen molar-refractivity contribution in [2.45, 2.75) is 13.5 Å².